The van der Waals surface area contributed by atoms with Gasteiger partial charge < -0.3 is 9.31 Å². The van der Waals surface area contributed by atoms with Crippen LogP contribution in [-0.2, 0) is 9.31 Å². The number of rotatable bonds is 4. The van der Waals surface area contributed by atoms with Crippen LogP contribution in [0.1, 0.15) is 53.4 Å². The van der Waals surface area contributed by atoms with Gasteiger partial charge in [-0.25, -0.2) is 0 Å². The van der Waals surface area contributed by atoms with Gasteiger partial charge in [0, 0.05) is 0 Å². The lowest BCUT2D eigenvalue weighted by Crippen LogP contribution is -2.65. The van der Waals surface area contributed by atoms with E-state index in [2.05, 4.69) is 34.3 Å². The van der Waals surface area contributed by atoms with Gasteiger partial charge in [0.1, 0.15) is 0 Å². The largest absolute Gasteiger partial charge is 0.460 e. The average molecular weight is 262 g/mol. The van der Waals surface area contributed by atoms with Gasteiger partial charge in [-0.15, -0.1) is 6.58 Å². The van der Waals surface area contributed by atoms with Crippen molar-refractivity contribution in [3.8, 4) is 0 Å². The highest BCUT2D eigenvalue weighted by Gasteiger charge is 2.68. The van der Waals surface area contributed by atoms with Gasteiger partial charge in [-0.2, -0.15) is 0 Å². The van der Waals surface area contributed by atoms with Crippen molar-refractivity contribution in [3.63, 3.8) is 0 Å². The quantitative estimate of drug-likeness (QED) is 0.561. The van der Waals surface area contributed by atoms with Crippen molar-refractivity contribution in [1.82, 2.24) is 0 Å². The normalized spacial score (nSPS) is 44.4. The first-order chi connectivity index (χ1) is 8.89. The zero-order chi connectivity index (χ0) is 13.8. The molecule has 0 spiro atoms. The third-order valence-electron chi connectivity index (χ3n) is 6.26. The number of hydrogen-bond acceptors (Lipinski definition) is 2. The Balaban J connectivity index is 1.72. The highest BCUT2D eigenvalue weighted by Crippen LogP contribution is 2.66. The second-order valence-corrected chi connectivity index (χ2v) is 7.68. The molecule has 1 saturated heterocycles. The summed E-state index contributed by atoms with van der Waals surface area (Å²) in [5.41, 5.74) is 0.388. The molecule has 1 aliphatic heterocycles. The number of allylic oxidation sites excluding steroid dienone is 1. The zero-order valence-electron chi connectivity index (χ0n) is 12.8. The predicted octanol–water partition coefficient (Wildman–Crippen LogP) is 4.07. The molecule has 0 unspecified atom stereocenters. The summed E-state index contributed by atoms with van der Waals surface area (Å²) in [6.07, 6.45) is 6.97. The second kappa shape index (κ2) is 4.36. The maximum atomic E-state index is 6.44. The highest BCUT2D eigenvalue weighted by molar-refractivity contribution is 6.47. The molecule has 4 aliphatic rings. The van der Waals surface area contributed by atoms with Crippen LogP contribution in [-0.4, -0.2) is 18.8 Å². The SMILES string of the molecule is C=CCC[C@H](C)B1O[C@H]2C[C@H]3C[C@H](C3(C)C)[C@@]2(C)O1. The van der Waals surface area contributed by atoms with Crippen LogP contribution in [0.4, 0.5) is 0 Å². The van der Waals surface area contributed by atoms with Gasteiger partial charge in [0.25, 0.3) is 0 Å². The van der Waals surface area contributed by atoms with Gasteiger partial charge >= 0.3 is 7.12 Å². The molecule has 0 N–H and O–H groups in total. The Bertz CT molecular complexity index is 381. The average Bonchev–Trinajstić information content (AvgIpc) is 2.72. The third kappa shape index (κ3) is 1.85. The Morgan fingerprint density at radius 3 is 2.74 bits per heavy atom. The van der Waals surface area contributed by atoms with Gasteiger partial charge in [0.2, 0.25) is 0 Å². The molecule has 4 rings (SSSR count). The van der Waals surface area contributed by atoms with E-state index in [0.717, 1.165) is 18.8 Å². The van der Waals surface area contributed by atoms with Crippen LogP contribution in [0.2, 0.25) is 5.82 Å². The molecule has 0 aromatic heterocycles. The molecule has 3 heteroatoms. The first-order valence-electron chi connectivity index (χ1n) is 7.83. The van der Waals surface area contributed by atoms with E-state index < -0.39 is 0 Å². The lowest BCUT2D eigenvalue weighted by Gasteiger charge is -2.64. The summed E-state index contributed by atoms with van der Waals surface area (Å²) in [5.74, 6) is 1.96. The van der Waals surface area contributed by atoms with Crippen molar-refractivity contribution < 1.29 is 9.31 Å². The summed E-state index contributed by atoms with van der Waals surface area (Å²) < 4.78 is 12.7. The molecule has 19 heavy (non-hydrogen) atoms. The minimum absolute atomic E-state index is 0.00917. The molecule has 0 amide bonds. The molecule has 106 valence electrons. The lowest BCUT2D eigenvalue weighted by atomic mass is 9.43. The monoisotopic (exact) mass is 262 g/mol. The minimum atomic E-state index is -0.0502. The van der Waals surface area contributed by atoms with E-state index in [4.69, 9.17) is 9.31 Å². The lowest BCUT2D eigenvalue weighted by molar-refractivity contribution is -0.199. The molecule has 2 bridgehead atoms. The van der Waals surface area contributed by atoms with Crippen molar-refractivity contribution in [3.05, 3.63) is 12.7 Å². The Morgan fingerprint density at radius 1 is 1.37 bits per heavy atom. The maximum absolute atomic E-state index is 6.44. The molecule has 1 heterocycles. The fourth-order valence-electron chi connectivity index (χ4n) is 4.66. The summed E-state index contributed by atoms with van der Waals surface area (Å²) in [5, 5.41) is 0. The van der Waals surface area contributed by atoms with Crippen LogP contribution in [0.25, 0.3) is 0 Å². The van der Waals surface area contributed by atoms with E-state index in [0.29, 0.717) is 23.3 Å². The van der Waals surface area contributed by atoms with Crippen LogP contribution in [0.15, 0.2) is 12.7 Å². The third-order valence-corrected chi connectivity index (χ3v) is 6.26. The Morgan fingerprint density at radius 2 is 2.11 bits per heavy atom. The molecule has 2 nitrogen and oxygen atoms in total. The van der Waals surface area contributed by atoms with Crippen molar-refractivity contribution in [2.24, 2.45) is 17.3 Å². The zero-order valence-corrected chi connectivity index (χ0v) is 12.8. The van der Waals surface area contributed by atoms with Gasteiger partial charge in [0.05, 0.1) is 11.7 Å². The van der Waals surface area contributed by atoms with E-state index in [1.807, 2.05) is 6.08 Å². The first kappa shape index (κ1) is 13.7. The molecule has 3 aliphatic carbocycles. The summed E-state index contributed by atoms with van der Waals surface area (Å²) in [7, 11) is -0.00917. The maximum Gasteiger partial charge on any atom is 0.460 e. The molecule has 4 fully saturated rings. The second-order valence-electron chi connectivity index (χ2n) is 7.68. The fraction of sp³-hybridized carbons (Fsp3) is 0.875. The van der Waals surface area contributed by atoms with E-state index in [1.165, 1.54) is 12.8 Å². The van der Waals surface area contributed by atoms with Crippen molar-refractivity contribution in [2.45, 2.75) is 70.9 Å². The standard InChI is InChI=1S/C16H27BO2/c1-6-7-8-11(2)17-18-14-10-12-9-13(15(12,3)4)16(14,5)19-17/h6,11-14H,1,7-10H2,2-5H3/t11-,12+,13+,14-,16+/m0/s1. The van der Waals surface area contributed by atoms with Gasteiger partial charge in [-0.05, 0) is 55.7 Å². The van der Waals surface area contributed by atoms with Crippen LogP contribution in [0.5, 0.6) is 0 Å². The van der Waals surface area contributed by atoms with Gasteiger partial charge in [0.15, 0.2) is 0 Å². The van der Waals surface area contributed by atoms with E-state index in [9.17, 15) is 0 Å². The van der Waals surface area contributed by atoms with E-state index in [1.54, 1.807) is 0 Å². The summed E-state index contributed by atoms with van der Waals surface area (Å²) in [6.45, 7) is 13.1. The molecule has 5 atom stereocenters. The van der Waals surface area contributed by atoms with Crippen LogP contribution >= 0.6 is 0 Å². The van der Waals surface area contributed by atoms with Gasteiger partial charge in [-0.1, -0.05) is 26.8 Å². The molecule has 0 aromatic rings. The van der Waals surface area contributed by atoms with E-state index >= 15 is 0 Å². The topological polar surface area (TPSA) is 18.5 Å². The Kier molecular flexibility index (Phi) is 3.14. The fourth-order valence-corrected chi connectivity index (χ4v) is 4.66. The predicted molar refractivity (Wildman–Crippen MR) is 79.0 cm³/mol. The van der Waals surface area contributed by atoms with Crippen molar-refractivity contribution in [1.29, 1.82) is 0 Å². The van der Waals surface area contributed by atoms with Crippen LogP contribution in [0.3, 0.4) is 0 Å². The van der Waals surface area contributed by atoms with E-state index in [-0.39, 0.29) is 12.7 Å². The minimum Gasteiger partial charge on any atom is -0.405 e. The number of hydrogen-bond donors (Lipinski definition) is 0. The molecule has 3 saturated carbocycles. The summed E-state index contributed by atoms with van der Waals surface area (Å²) in [4.78, 5) is 0. The van der Waals surface area contributed by atoms with Crippen LogP contribution in [0, 0.1) is 17.3 Å². The Labute approximate surface area is 118 Å². The molecular weight excluding hydrogens is 235 g/mol. The highest BCUT2D eigenvalue weighted by atomic mass is 16.7. The van der Waals surface area contributed by atoms with Crippen LogP contribution < -0.4 is 0 Å². The first-order valence-corrected chi connectivity index (χ1v) is 7.83. The molecular formula is C16H27BO2. The van der Waals surface area contributed by atoms with Gasteiger partial charge in [-0.3, -0.25) is 0 Å². The Hall–Kier alpha value is -0.275. The molecule has 0 aromatic carbocycles. The molecule has 0 radical (unpaired) electrons. The summed E-state index contributed by atoms with van der Waals surface area (Å²) >= 11 is 0. The summed E-state index contributed by atoms with van der Waals surface area (Å²) in [6, 6.07) is 0. The van der Waals surface area contributed by atoms with Crippen molar-refractivity contribution >= 4 is 7.12 Å². The van der Waals surface area contributed by atoms with Crippen molar-refractivity contribution in [2.75, 3.05) is 0 Å². The smallest absolute Gasteiger partial charge is 0.405 e.